The van der Waals surface area contributed by atoms with Crippen molar-refractivity contribution in [3.05, 3.63) is 65.4 Å². The van der Waals surface area contributed by atoms with Gasteiger partial charge in [-0.2, -0.15) is 0 Å². The number of benzene rings is 1. The molecule has 1 N–H and O–H groups in total. The zero-order valence-electron chi connectivity index (χ0n) is 13.2. The highest BCUT2D eigenvalue weighted by Gasteiger charge is 2.15. The van der Waals surface area contributed by atoms with Crippen LogP contribution in [0.2, 0.25) is 0 Å². The SMILES string of the molecule is Cc1nc(-c2ccncc2)sc1C(=O)NCCSc1ccccc1. The fourth-order valence-corrected chi connectivity index (χ4v) is 3.93. The van der Waals surface area contributed by atoms with Crippen molar-refractivity contribution < 1.29 is 4.79 Å². The molecule has 3 aromatic rings. The summed E-state index contributed by atoms with van der Waals surface area (Å²) in [6, 6.07) is 14.0. The summed E-state index contributed by atoms with van der Waals surface area (Å²) in [5.74, 6) is 0.782. The topological polar surface area (TPSA) is 54.9 Å². The second kappa shape index (κ2) is 8.08. The summed E-state index contributed by atoms with van der Waals surface area (Å²) in [6.45, 7) is 2.50. The van der Waals surface area contributed by atoms with Gasteiger partial charge in [0, 0.05) is 35.2 Å². The maximum Gasteiger partial charge on any atom is 0.263 e. The van der Waals surface area contributed by atoms with Crippen molar-refractivity contribution in [3.8, 4) is 10.6 Å². The van der Waals surface area contributed by atoms with Crippen molar-refractivity contribution in [2.75, 3.05) is 12.3 Å². The van der Waals surface area contributed by atoms with Gasteiger partial charge >= 0.3 is 0 Å². The van der Waals surface area contributed by atoms with Crippen molar-refractivity contribution in [1.29, 1.82) is 0 Å². The van der Waals surface area contributed by atoms with Gasteiger partial charge in [-0.25, -0.2) is 4.98 Å². The molecule has 0 radical (unpaired) electrons. The lowest BCUT2D eigenvalue weighted by molar-refractivity contribution is 0.0959. The summed E-state index contributed by atoms with van der Waals surface area (Å²) in [5, 5.41) is 3.82. The molecule has 0 bridgehead atoms. The van der Waals surface area contributed by atoms with Crippen molar-refractivity contribution in [2.45, 2.75) is 11.8 Å². The summed E-state index contributed by atoms with van der Waals surface area (Å²) >= 11 is 3.15. The van der Waals surface area contributed by atoms with Gasteiger partial charge in [0.25, 0.3) is 5.91 Å². The molecule has 0 atom stereocenters. The van der Waals surface area contributed by atoms with E-state index >= 15 is 0 Å². The molecule has 0 aliphatic heterocycles. The van der Waals surface area contributed by atoms with Crippen LogP contribution in [0.3, 0.4) is 0 Å². The fourth-order valence-electron chi connectivity index (χ4n) is 2.16. The van der Waals surface area contributed by atoms with E-state index in [2.05, 4.69) is 27.4 Å². The maximum atomic E-state index is 12.4. The van der Waals surface area contributed by atoms with E-state index in [0.29, 0.717) is 11.4 Å². The molecule has 24 heavy (non-hydrogen) atoms. The van der Waals surface area contributed by atoms with Gasteiger partial charge in [-0.05, 0) is 31.2 Å². The van der Waals surface area contributed by atoms with Crippen molar-refractivity contribution in [2.24, 2.45) is 0 Å². The molecule has 0 saturated heterocycles. The predicted molar refractivity (Wildman–Crippen MR) is 99.6 cm³/mol. The Morgan fingerprint density at radius 1 is 1.17 bits per heavy atom. The van der Waals surface area contributed by atoms with Crippen LogP contribution in [0.4, 0.5) is 0 Å². The minimum Gasteiger partial charge on any atom is -0.350 e. The van der Waals surface area contributed by atoms with E-state index < -0.39 is 0 Å². The summed E-state index contributed by atoms with van der Waals surface area (Å²) in [4.78, 5) is 22.7. The van der Waals surface area contributed by atoms with Crippen LogP contribution in [-0.4, -0.2) is 28.2 Å². The molecule has 6 heteroatoms. The van der Waals surface area contributed by atoms with Gasteiger partial charge in [-0.3, -0.25) is 9.78 Å². The van der Waals surface area contributed by atoms with Gasteiger partial charge in [-0.15, -0.1) is 23.1 Å². The van der Waals surface area contributed by atoms with Gasteiger partial charge in [0.1, 0.15) is 9.88 Å². The summed E-state index contributed by atoms with van der Waals surface area (Å²) in [6.07, 6.45) is 3.46. The van der Waals surface area contributed by atoms with Gasteiger partial charge in [-0.1, -0.05) is 18.2 Å². The summed E-state index contributed by atoms with van der Waals surface area (Å²) in [7, 11) is 0. The summed E-state index contributed by atoms with van der Waals surface area (Å²) in [5.41, 5.74) is 1.75. The van der Waals surface area contributed by atoms with Crippen molar-refractivity contribution in [3.63, 3.8) is 0 Å². The van der Waals surface area contributed by atoms with E-state index in [0.717, 1.165) is 22.0 Å². The molecule has 0 saturated carbocycles. The van der Waals surface area contributed by atoms with Crippen molar-refractivity contribution in [1.82, 2.24) is 15.3 Å². The Hall–Kier alpha value is -2.18. The standard InChI is InChI=1S/C18H17N3OS2/c1-13-16(24-18(21-13)14-7-9-19-10-8-14)17(22)20-11-12-23-15-5-3-2-4-6-15/h2-10H,11-12H2,1H3,(H,20,22). The highest BCUT2D eigenvalue weighted by Crippen LogP contribution is 2.27. The zero-order valence-corrected chi connectivity index (χ0v) is 14.9. The van der Waals surface area contributed by atoms with Gasteiger partial charge in [0.15, 0.2) is 0 Å². The van der Waals surface area contributed by atoms with E-state index in [9.17, 15) is 4.79 Å². The third-order valence-electron chi connectivity index (χ3n) is 3.33. The Bertz CT molecular complexity index is 804. The quantitative estimate of drug-likeness (QED) is 0.536. The Morgan fingerprint density at radius 3 is 2.67 bits per heavy atom. The molecule has 0 aliphatic carbocycles. The van der Waals surface area contributed by atoms with E-state index in [1.54, 1.807) is 24.2 Å². The molecule has 1 aromatic carbocycles. The van der Waals surface area contributed by atoms with E-state index in [-0.39, 0.29) is 5.91 Å². The van der Waals surface area contributed by atoms with E-state index in [1.807, 2.05) is 37.3 Å². The number of thiazole rings is 1. The van der Waals surface area contributed by atoms with E-state index in [4.69, 9.17) is 0 Å². The summed E-state index contributed by atoms with van der Waals surface area (Å²) < 4.78 is 0. The average molecular weight is 355 g/mol. The van der Waals surface area contributed by atoms with Gasteiger partial charge < -0.3 is 5.32 Å². The number of thioether (sulfide) groups is 1. The molecular weight excluding hydrogens is 338 g/mol. The number of hydrogen-bond acceptors (Lipinski definition) is 5. The molecule has 0 aliphatic rings. The number of pyridine rings is 1. The molecule has 1 amide bonds. The number of carbonyl (C=O) groups excluding carboxylic acids is 1. The van der Waals surface area contributed by atoms with Gasteiger partial charge in [0.2, 0.25) is 0 Å². The Labute approximate surface area is 149 Å². The molecule has 0 unspecified atom stereocenters. The first kappa shape index (κ1) is 16.7. The number of amides is 1. The number of hydrogen-bond donors (Lipinski definition) is 1. The first-order chi connectivity index (χ1) is 11.7. The average Bonchev–Trinajstić information content (AvgIpc) is 3.02. The number of aromatic nitrogens is 2. The highest BCUT2D eigenvalue weighted by atomic mass is 32.2. The lowest BCUT2D eigenvalue weighted by Crippen LogP contribution is -2.25. The van der Waals surface area contributed by atoms with Crippen LogP contribution in [0.1, 0.15) is 15.4 Å². The van der Waals surface area contributed by atoms with E-state index in [1.165, 1.54) is 16.2 Å². The Kier molecular flexibility index (Phi) is 5.61. The molecule has 2 aromatic heterocycles. The maximum absolute atomic E-state index is 12.4. The molecular formula is C18H17N3OS2. The fraction of sp³-hybridized carbons (Fsp3) is 0.167. The third-order valence-corrected chi connectivity index (χ3v) is 5.55. The third kappa shape index (κ3) is 4.21. The minimum atomic E-state index is -0.0565. The normalized spacial score (nSPS) is 10.5. The molecule has 4 nitrogen and oxygen atoms in total. The number of nitrogens with one attached hydrogen (secondary N) is 1. The zero-order chi connectivity index (χ0) is 16.8. The lowest BCUT2D eigenvalue weighted by Gasteiger charge is -2.04. The predicted octanol–water partition coefficient (Wildman–Crippen LogP) is 4.04. The number of nitrogens with zero attached hydrogens (tertiary/aromatic N) is 2. The number of aryl methyl sites for hydroxylation is 1. The van der Waals surface area contributed by atoms with Crippen LogP contribution in [-0.2, 0) is 0 Å². The number of rotatable bonds is 6. The van der Waals surface area contributed by atoms with Crippen LogP contribution in [0.5, 0.6) is 0 Å². The lowest BCUT2D eigenvalue weighted by atomic mass is 10.3. The largest absolute Gasteiger partial charge is 0.350 e. The van der Waals surface area contributed by atoms with Crippen LogP contribution < -0.4 is 5.32 Å². The minimum absolute atomic E-state index is 0.0565. The molecule has 122 valence electrons. The van der Waals surface area contributed by atoms with Gasteiger partial charge in [0.05, 0.1) is 5.69 Å². The molecule has 0 fully saturated rings. The monoisotopic (exact) mass is 355 g/mol. The van der Waals surface area contributed by atoms with Crippen LogP contribution in [0.15, 0.2) is 59.8 Å². The first-order valence-electron chi connectivity index (χ1n) is 7.58. The second-order valence-corrected chi connectivity index (χ2v) is 7.25. The highest BCUT2D eigenvalue weighted by molar-refractivity contribution is 7.99. The molecule has 3 rings (SSSR count). The smallest absolute Gasteiger partial charge is 0.263 e. The first-order valence-corrected chi connectivity index (χ1v) is 9.38. The van der Waals surface area contributed by atoms with Crippen molar-refractivity contribution >= 4 is 29.0 Å². The second-order valence-electron chi connectivity index (χ2n) is 5.09. The Balaban J connectivity index is 1.56. The number of carbonyl (C=O) groups is 1. The van der Waals surface area contributed by atoms with Crippen LogP contribution in [0.25, 0.3) is 10.6 Å². The van der Waals surface area contributed by atoms with Crippen LogP contribution in [0, 0.1) is 6.92 Å². The van der Waals surface area contributed by atoms with Crippen LogP contribution >= 0.6 is 23.1 Å². The Morgan fingerprint density at radius 2 is 1.92 bits per heavy atom. The molecule has 2 heterocycles. The molecule has 0 spiro atoms.